The van der Waals surface area contributed by atoms with E-state index in [0.717, 1.165) is 38.5 Å². The van der Waals surface area contributed by atoms with E-state index in [0.29, 0.717) is 45.1 Å². The molecule has 1 aliphatic carbocycles. The van der Waals surface area contributed by atoms with Crippen molar-refractivity contribution in [3.63, 3.8) is 0 Å². The molecule has 2 N–H and O–H groups in total. The second-order valence-corrected chi connectivity index (χ2v) is 20.9. The molecule has 3 amide bonds. The molecule has 1 fully saturated rings. The van der Waals surface area contributed by atoms with E-state index in [1.807, 2.05) is 0 Å². The van der Waals surface area contributed by atoms with Crippen molar-refractivity contribution in [3.05, 3.63) is 12.2 Å². The number of hydrogen-bond donors (Lipinski definition) is 2. The summed E-state index contributed by atoms with van der Waals surface area (Å²) in [6, 6.07) is 0. The van der Waals surface area contributed by atoms with Gasteiger partial charge in [-0.1, -0.05) is 194 Å². The predicted octanol–water partition coefficient (Wildman–Crippen LogP) is 12.9. The van der Waals surface area contributed by atoms with Crippen molar-refractivity contribution < 1.29 is 52.0 Å². The molecule has 0 radical (unpaired) electrons. The number of ether oxygens (including phenoxy) is 2. The van der Waals surface area contributed by atoms with Gasteiger partial charge < -0.3 is 19.7 Å². The molecule has 0 aromatic heterocycles. The summed E-state index contributed by atoms with van der Waals surface area (Å²) in [4.78, 5) is 73.8. The molecule has 0 saturated heterocycles. The number of hydrogen-bond acceptors (Lipinski definition) is 10. The lowest BCUT2D eigenvalue weighted by Gasteiger charge is -2.30. The topological polar surface area (TPSA) is 175 Å². The molecule has 2 rings (SSSR count). The highest BCUT2D eigenvalue weighted by molar-refractivity contribution is 7.47. The van der Waals surface area contributed by atoms with Gasteiger partial charge in [0.2, 0.25) is 5.91 Å². The third-order valence-electron chi connectivity index (χ3n) is 13.3. The molecule has 14 heteroatoms. The fraction of sp³-hybridized carbons (Fsp3) is 0.868. The number of imide groups is 1. The van der Waals surface area contributed by atoms with Gasteiger partial charge in [-0.3, -0.25) is 37.9 Å². The lowest BCUT2D eigenvalue weighted by atomic mass is 9.81. The first-order valence-electron chi connectivity index (χ1n) is 27.3. The molecule has 1 unspecified atom stereocenters. The maximum absolute atomic E-state index is 12.9. The van der Waals surface area contributed by atoms with Crippen LogP contribution in [-0.4, -0.2) is 78.5 Å². The van der Waals surface area contributed by atoms with Gasteiger partial charge in [0.05, 0.1) is 13.2 Å². The Balaban J connectivity index is 1.66. The molecule has 67 heavy (non-hydrogen) atoms. The molecule has 1 aliphatic heterocycles. The number of carbonyl (C=O) groups excluding carboxylic acids is 5. The van der Waals surface area contributed by atoms with E-state index in [1.165, 1.54) is 158 Å². The summed E-state index contributed by atoms with van der Waals surface area (Å²) in [6.07, 6.45) is 41.1. The number of nitrogens with zero attached hydrogens (tertiary/aromatic N) is 1. The molecule has 1 heterocycles. The van der Waals surface area contributed by atoms with Crippen LogP contribution >= 0.6 is 7.82 Å². The number of phosphoric acid groups is 1. The van der Waals surface area contributed by atoms with Crippen LogP contribution in [0.3, 0.4) is 0 Å². The molecule has 0 bridgehead atoms. The summed E-state index contributed by atoms with van der Waals surface area (Å²) in [6.45, 7) is 3.72. The number of esters is 2. The zero-order valence-electron chi connectivity index (χ0n) is 42.3. The number of phosphoric ester groups is 1. The van der Waals surface area contributed by atoms with Crippen LogP contribution in [0, 0.1) is 11.8 Å². The number of unbranched alkanes of at least 4 members (excludes halogenated alkanes) is 28. The number of carbonyl (C=O) groups is 5. The van der Waals surface area contributed by atoms with Crippen LogP contribution in [0.5, 0.6) is 0 Å². The highest BCUT2D eigenvalue weighted by atomic mass is 31.2. The van der Waals surface area contributed by atoms with E-state index < -0.39 is 32.5 Å². The van der Waals surface area contributed by atoms with Crippen LogP contribution in [0.25, 0.3) is 0 Å². The van der Waals surface area contributed by atoms with Gasteiger partial charge in [0.15, 0.2) is 6.10 Å². The predicted molar refractivity (Wildman–Crippen MR) is 266 cm³/mol. The quantitative estimate of drug-likeness (QED) is 0.0257. The SMILES string of the molecule is CCCCCCCCCCCCCCCCCC(=O)OC[C@H](COP(=O)(O)OCCNC(=O)C1CCC(CN2C(=O)C=CC2=O)CC1)OC(=O)CCCCCCCCCCCCCCCCC. The van der Waals surface area contributed by atoms with Crippen LogP contribution in [0.15, 0.2) is 12.2 Å². The van der Waals surface area contributed by atoms with Gasteiger partial charge >= 0.3 is 19.8 Å². The van der Waals surface area contributed by atoms with Gasteiger partial charge in [-0.2, -0.15) is 0 Å². The first kappa shape index (κ1) is 60.5. The van der Waals surface area contributed by atoms with E-state index in [-0.39, 0.29) is 62.2 Å². The first-order valence-corrected chi connectivity index (χ1v) is 28.8. The van der Waals surface area contributed by atoms with Crippen molar-refractivity contribution in [3.8, 4) is 0 Å². The summed E-state index contributed by atoms with van der Waals surface area (Å²) < 4.78 is 34.2. The molecule has 2 atom stereocenters. The maximum Gasteiger partial charge on any atom is 0.472 e. The fourth-order valence-electron chi connectivity index (χ4n) is 9.07. The molecular weight excluding hydrogens is 872 g/mol. The molecular formula is C53H95N2O11P. The largest absolute Gasteiger partial charge is 0.472 e. The van der Waals surface area contributed by atoms with Gasteiger partial charge in [-0.15, -0.1) is 0 Å². The normalized spacial score (nSPS) is 17.4. The lowest BCUT2D eigenvalue weighted by molar-refractivity contribution is -0.161. The maximum atomic E-state index is 12.9. The highest BCUT2D eigenvalue weighted by Gasteiger charge is 2.32. The zero-order valence-corrected chi connectivity index (χ0v) is 43.2. The highest BCUT2D eigenvalue weighted by Crippen LogP contribution is 2.43. The van der Waals surface area contributed by atoms with E-state index >= 15 is 0 Å². The number of rotatable bonds is 45. The number of nitrogens with one attached hydrogen (secondary N) is 1. The number of amides is 3. The molecule has 0 spiro atoms. The minimum absolute atomic E-state index is 0.0241. The van der Waals surface area contributed by atoms with Gasteiger partial charge in [-0.25, -0.2) is 4.57 Å². The van der Waals surface area contributed by atoms with Crippen LogP contribution in [0.4, 0.5) is 0 Å². The van der Waals surface area contributed by atoms with Crippen LogP contribution in [0.1, 0.15) is 245 Å². The standard InChI is InChI=1S/C53H95N2O11P/c1-3-5-7-9-11-13-15-17-19-21-23-25-27-29-31-33-51(58)63-44-48(66-52(59)34-32-30-28-26-24-22-20-18-16-14-12-10-8-6-4-2)45-65-67(61,62)64-42-41-54-53(60)47-37-35-46(36-38-47)43-55-49(56)39-40-50(55)57/h39-40,46-48H,3-38,41-45H2,1-2H3,(H,54,60)(H,61,62)/t46?,47?,48-/m1/s1. The minimum Gasteiger partial charge on any atom is -0.462 e. The van der Waals surface area contributed by atoms with Crippen molar-refractivity contribution >= 4 is 37.5 Å². The third kappa shape index (κ3) is 32.8. The summed E-state index contributed by atoms with van der Waals surface area (Å²) in [5.74, 6) is -1.82. The molecule has 1 saturated carbocycles. The first-order chi connectivity index (χ1) is 32.5. The summed E-state index contributed by atoms with van der Waals surface area (Å²) in [5.41, 5.74) is 0. The molecule has 0 aromatic rings. The Hall–Kier alpha value is -2.60. The summed E-state index contributed by atoms with van der Waals surface area (Å²) in [7, 11) is -4.61. The fourth-order valence-corrected chi connectivity index (χ4v) is 9.82. The Morgan fingerprint density at radius 1 is 0.597 bits per heavy atom. The van der Waals surface area contributed by atoms with Crippen LogP contribution in [0.2, 0.25) is 0 Å². The van der Waals surface area contributed by atoms with Gasteiger partial charge in [0.1, 0.15) is 6.61 Å². The van der Waals surface area contributed by atoms with Crippen molar-refractivity contribution in [1.82, 2.24) is 10.2 Å². The third-order valence-corrected chi connectivity index (χ3v) is 14.3. The van der Waals surface area contributed by atoms with Crippen molar-refractivity contribution in [2.45, 2.75) is 251 Å². The zero-order chi connectivity index (χ0) is 48.6. The van der Waals surface area contributed by atoms with E-state index in [9.17, 15) is 33.4 Å². The molecule has 2 aliphatic rings. The van der Waals surface area contributed by atoms with Crippen molar-refractivity contribution in [2.24, 2.45) is 11.8 Å². The average Bonchev–Trinajstić information content (AvgIpc) is 3.63. The Morgan fingerprint density at radius 3 is 1.43 bits per heavy atom. The molecule has 0 aromatic carbocycles. The second-order valence-electron chi connectivity index (χ2n) is 19.4. The Bertz CT molecular complexity index is 1380. The van der Waals surface area contributed by atoms with Crippen LogP contribution in [-0.2, 0) is 47.1 Å². The van der Waals surface area contributed by atoms with E-state index in [1.54, 1.807) is 0 Å². The van der Waals surface area contributed by atoms with Gasteiger partial charge in [0, 0.05) is 44.0 Å². The monoisotopic (exact) mass is 967 g/mol. The Labute approximate surface area is 406 Å². The average molecular weight is 967 g/mol. The molecule has 388 valence electrons. The van der Waals surface area contributed by atoms with Gasteiger partial charge in [-0.05, 0) is 44.4 Å². The van der Waals surface area contributed by atoms with E-state index in [2.05, 4.69) is 19.2 Å². The van der Waals surface area contributed by atoms with Crippen molar-refractivity contribution in [1.29, 1.82) is 0 Å². The lowest BCUT2D eigenvalue weighted by Crippen LogP contribution is -2.39. The smallest absolute Gasteiger partial charge is 0.462 e. The van der Waals surface area contributed by atoms with Crippen LogP contribution < -0.4 is 5.32 Å². The second kappa shape index (κ2) is 40.2. The Kier molecular flexibility index (Phi) is 36.3. The minimum atomic E-state index is -4.61. The Morgan fingerprint density at radius 2 is 1.00 bits per heavy atom. The summed E-state index contributed by atoms with van der Waals surface area (Å²) >= 11 is 0. The molecule has 13 nitrogen and oxygen atoms in total. The summed E-state index contributed by atoms with van der Waals surface area (Å²) in [5, 5.41) is 2.75. The van der Waals surface area contributed by atoms with Crippen molar-refractivity contribution in [2.75, 3.05) is 32.9 Å². The van der Waals surface area contributed by atoms with Gasteiger partial charge in [0.25, 0.3) is 11.8 Å². The van der Waals surface area contributed by atoms with E-state index in [4.69, 9.17) is 18.5 Å².